The van der Waals surface area contributed by atoms with Crippen LogP contribution < -0.4 is 10.9 Å². The van der Waals surface area contributed by atoms with Crippen molar-refractivity contribution in [2.24, 2.45) is 0 Å². The number of carbonyl (C=O) groups excluding carboxylic acids is 3. The average Bonchev–Trinajstić information content (AvgIpc) is 3.32. The zero-order valence-electron chi connectivity index (χ0n) is 25.5. The molecule has 0 aliphatic carbocycles. The number of ether oxygens (including phenoxy) is 1. The Morgan fingerprint density at radius 3 is 2.23 bits per heavy atom. The zero-order chi connectivity index (χ0) is 33.1. The van der Waals surface area contributed by atoms with Crippen LogP contribution in [0.4, 0.5) is 4.39 Å². The van der Waals surface area contributed by atoms with E-state index in [-0.39, 0.29) is 54.2 Å². The molecule has 3 aromatic carbocycles. The number of amides is 3. The molecule has 0 atom stereocenters. The summed E-state index contributed by atoms with van der Waals surface area (Å²) in [6.07, 6.45) is 1.90. The third-order valence-corrected chi connectivity index (χ3v) is 8.20. The summed E-state index contributed by atoms with van der Waals surface area (Å²) in [6.45, 7) is 2.00. The smallest absolute Gasteiger partial charge is 0.267 e. The third kappa shape index (κ3) is 6.25. The Balaban J connectivity index is 1.32. The van der Waals surface area contributed by atoms with Crippen LogP contribution in [0.3, 0.4) is 0 Å². The van der Waals surface area contributed by atoms with Gasteiger partial charge in [-0.1, -0.05) is 54.6 Å². The molecule has 2 aromatic heterocycles. The first kappa shape index (κ1) is 31.3. The van der Waals surface area contributed by atoms with Crippen molar-refractivity contribution in [1.29, 1.82) is 0 Å². The van der Waals surface area contributed by atoms with E-state index in [0.29, 0.717) is 24.2 Å². The number of benzene rings is 3. The topological polar surface area (TPSA) is 131 Å². The van der Waals surface area contributed by atoms with E-state index in [4.69, 9.17) is 4.74 Å². The van der Waals surface area contributed by atoms with Gasteiger partial charge in [-0.15, -0.1) is 0 Å². The maximum atomic E-state index is 14.0. The maximum Gasteiger partial charge on any atom is 0.267 e. The van der Waals surface area contributed by atoms with Crippen molar-refractivity contribution in [3.05, 3.63) is 140 Å². The van der Waals surface area contributed by atoms with Crippen molar-refractivity contribution < 1.29 is 28.6 Å². The number of aromatic nitrogens is 2. The molecule has 0 unspecified atom stereocenters. The number of hydrogen-bond acceptors (Lipinski definition) is 7. The lowest BCUT2D eigenvalue weighted by atomic mass is 10.00. The molecule has 1 aliphatic rings. The molecule has 3 amide bonds. The highest BCUT2D eigenvalue weighted by molar-refractivity contribution is 6.21. The monoisotopic (exact) mass is 634 g/mol. The van der Waals surface area contributed by atoms with Crippen LogP contribution in [0.2, 0.25) is 0 Å². The molecule has 0 saturated heterocycles. The Labute approximate surface area is 269 Å². The molecule has 10 nitrogen and oxygen atoms in total. The van der Waals surface area contributed by atoms with Crippen LogP contribution in [-0.4, -0.2) is 57.0 Å². The lowest BCUT2D eigenvalue weighted by molar-refractivity contribution is 0.0648. The van der Waals surface area contributed by atoms with Gasteiger partial charge in [0, 0.05) is 25.8 Å². The van der Waals surface area contributed by atoms with Crippen molar-refractivity contribution in [3.63, 3.8) is 0 Å². The molecule has 238 valence electrons. The van der Waals surface area contributed by atoms with Crippen LogP contribution in [0.25, 0.3) is 11.0 Å². The highest BCUT2D eigenvalue weighted by Crippen LogP contribution is 2.30. The molecule has 2 N–H and O–H groups in total. The van der Waals surface area contributed by atoms with Gasteiger partial charge in [0.05, 0.1) is 29.9 Å². The molecule has 0 fully saturated rings. The number of imide groups is 1. The van der Waals surface area contributed by atoms with Gasteiger partial charge in [0.2, 0.25) is 0 Å². The molecule has 0 bridgehead atoms. The third-order valence-electron chi connectivity index (χ3n) is 8.20. The molecule has 11 heteroatoms. The van der Waals surface area contributed by atoms with Crippen LogP contribution in [-0.2, 0) is 24.3 Å². The number of nitrogens with one attached hydrogen (secondary N) is 1. The lowest BCUT2D eigenvalue weighted by Gasteiger charge is -2.20. The highest BCUT2D eigenvalue weighted by Gasteiger charge is 2.35. The summed E-state index contributed by atoms with van der Waals surface area (Å²) in [5.41, 5.74) is 2.55. The molecule has 47 heavy (non-hydrogen) atoms. The minimum Gasteiger partial charge on any atom is -0.505 e. The predicted molar refractivity (Wildman–Crippen MR) is 172 cm³/mol. The number of nitrogens with zero attached hydrogens (tertiary/aromatic N) is 3. The van der Waals surface area contributed by atoms with E-state index in [9.17, 15) is 28.7 Å². The van der Waals surface area contributed by atoms with Gasteiger partial charge in [-0.2, -0.15) is 0 Å². The number of hydrogen-bond donors (Lipinski definition) is 2. The largest absolute Gasteiger partial charge is 0.505 e. The van der Waals surface area contributed by atoms with Gasteiger partial charge in [0.15, 0.2) is 5.75 Å². The predicted octanol–water partition coefficient (Wildman–Crippen LogP) is 4.38. The van der Waals surface area contributed by atoms with Gasteiger partial charge in [0.25, 0.3) is 23.3 Å². The standard InChI is InChI=1S/C36H31FN4O6/c1-22-25(19-23-11-13-26(37)14-12-23)20-39-30-31(22)40(16-17-41-34(44)27-9-5-6-10-28(27)35(41)45)36(46)29(32(30)42)33(43)38-15-18-47-21-24-7-3-2-4-8-24/h2-14,20,42H,15-19,21H2,1H3,(H,38,43). The van der Waals surface area contributed by atoms with E-state index < -0.39 is 34.6 Å². The Bertz CT molecular complexity index is 2030. The van der Waals surface area contributed by atoms with E-state index in [1.54, 1.807) is 49.5 Å². The van der Waals surface area contributed by atoms with Crippen LogP contribution in [0.5, 0.6) is 5.75 Å². The Kier molecular flexibility index (Phi) is 8.90. The first-order valence-corrected chi connectivity index (χ1v) is 15.1. The van der Waals surface area contributed by atoms with Crippen molar-refractivity contribution in [1.82, 2.24) is 19.8 Å². The summed E-state index contributed by atoms with van der Waals surface area (Å²) in [5.74, 6) is -2.74. The second-order valence-corrected chi connectivity index (χ2v) is 11.2. The number of fused-ring (bicyclic) bond motifs is 2. The molecule has 0 radical (unpaired) electrons. The van der Waals surface area contributed by atoms with Crippen LogP contribution >= 0.6 is 0 Å². The minimum atomic E-state index is -0.818. The summed E-state index contributed by atoms with van der Waals surface area (Å²) in [6, 6.07) is 22.0. The first-order valence-electron chi connectivity index (χ1n) is 15.1. The van der Waals surface area contributed by atoms with E-state index in [2.05, 4.69) is 10.3 Å². The number of carbonyl (C=O) groups is 3. The molecule has 0 spiro atoms. The number of pyridine rings is 2. The highest BCUT2D eigenvalue weighted by atomic mass is 19.1. The van der Waals surface area contributed by atoms with Crippen molar-refractivity contribution in [3.8, 4) is 5.75 Å². The van der Waals surface area contributed by atoms with Crippen LogP contribution in [0.1, 0.15) is 53.3 Å². The van der Waals surface area contributed by atoms with E-state index in [1.165, 1.54) is 16.7 Å². The van der Waals surface area contributed by atoms with Crippen LogP contribution in [0.15, 0.2) is 89.9 Å². The summed E-state index contributed by atoms with van der Waals surface area (Å²) >= 11 is 0. The van der Waals surface area contributed by atoms with Gasteiger partial charge in [-0.05, 0) is 59.9 Å². The molecular formula is C36H31FN4O6. The van der Waals surface area contributed by atoms with Gasteiger partial charge in [-0.25, -0.2) is 4.39 Å². The molecule has 0 saturated carbocycles. The van der Waals surface area contributed by atoms with Gasteiger partial charge in [0.1, 0.15) is 16.9 Å². The fourth-order valence-corrected chi connectivity index (χ4v) is 5.74. The lowest BCUT2D eigenvalue weighted by Crippen LogP contribution is -2.38. The van der Waals surface area contributed by atoms with Gasteiger partial charge in [-0.3, -0.25) is 29.1 Å². The summed E-state index contributed by atoms with van der Waals surface area (Å²) in [4.78, 5) is 59.0. The maximum absolute atomic E-state index is 14.0. The first-order chi connectivity index (χ1) is 22.7. The SMILES string of the molecule is Cc1c(Cc2ccc(F)cc2)cnc2c(O)c(C(=O)NCCOCc3ccccc3)c(=O)n(CCN3C(=O)c4ccccc4C3=O)c12. The summed E-state index contributed by atoms with van der Waals surface area (Å²) in [7, 11) is 0. The summed E-state index contributed by atoms with van der Waals surface area (Å²) < 4.78 is 20.4. The quantitative estimate of drug-likeness (QED) is 0.163. The average molecular weight is 635 g/mol. The van der Waals surface area contributed by atoms with E-state index in [0.717, 1.165) is 16.0 Å². The molecule has 1 aliphatic heterocycles. The number of aryl methyl sites for hydroxylation is 1. The molecule has 3 heterocycles. The number of rotatable bonds is 11. The second kappa shape index (κ2) is 13.4. The number of halogens is 1. The molecular weight excluding hydrogens is 603 g/mol. The fourth-order valence-electron chi connectivity index (χ4n) is 5.74. The van der Waals surface area contributed by atoms with E-state index >= 15 is 0 Å². The second-order valence-electron chi connectivity index (χ2n) is 11.2. The van der Waals surface area contributed by atoms with Gasteiger partial charge >= 0.3 is 0 Å². The fraction of sp³-hybridized carbons (Fsp3) is 0.194. The van der Waals surface area contributed by atoms with E-state index in [1.807, 2.05) is 30.3 Å². The minimum absolute atomic E-state index is 0.0118. The Morgan fingerprint density at radius 1 is 0.894 bits per heavy atom. The number of aromatic hydroxyl groups is 1. The van der Waals surface area contributed by atoms with Gasteiger partial charge < -0.3 is 19.7 Å². The Morgan fingerprint density at radius 2 is 1.55 bits per heavy atom. The van der Waals surface area contributed by atoms with Crippen LogP contribution in [0, 0.1) is 12.7 Å². The normalized spacial score (nSPS) is 12.5. The molecule has 6 rings (SSSR count). The van der Waals surface area contributed by atoms with Crippen molar-refractivity contribution in [2.75, 3.05) is 19.7 Å². The van der Waals surface area contributed by atoms with Crippen molar-refractivity contribution >= 4 is 28.8 Å². The zero-order valence-corrected chi connectivity index (χ0v) is 25.5. The van der Waals surface area contributed by atoms with Crippen molar-refractivity contribution in [2.45, 2.75) is 26.5 Å². The summed E-state index contributed by atoms with van der Waals surface area (Å²) in [5, 5.41) is 13.9. The molecule has 5 aromatic rings. The Hall–Kier alpha value is -5.68.